The first-order valence-electron chi connectivity index (χ1n) is 5.27. The molecule has 0 fully saturated rings. The molecule has 1 N–H and O–H groups in total. The fourth-order valence-corrected chi connectivity index (χ4v) is 2.80. The molecule has 0 saturated carbocycles. The lowest BCUT2D eigenvalue weighted by molar-refractivity contribution is 0.213. The van der Waals surface area contributed by atoms with Gasteiger partial charge in [0.15, 0.2) is 5.01 Å². The zero-order valence-electron chi connectivity index (χ0n) is 9.24. The SMILES string of the molecule is Cn1sc2ncnc-2c1C(O)c1ccccc1. The molecule has 0 saturated heterocycles. The van der Waals surface area contributed by atoms with Crippen LogP contribution in [0, 0.1) is 0 Å². The largest absolute Gasteiger partial charge is 0.382 e. The number of hydrogen-bond acceptors (Lipinski definition) is 4. The number of imidazole rings is 1. The van der Waals surface area contributed by atoms with Gasteiger partial charge in [-0.15, -0.1) is 0 Å². The van der Waals surface area contributed by atoms with Crippen molar-refractivity contribution >= 4 is 11.5 Å². The first kappa shape index (κ1) is 10.4. The van der Waals surface area contributed by atoms with Crippen molar-refractivity contribution in [3.63, 3.8) is 0 Å². The third-order valence-electron chi connectivity index (χ3n) is 2.74. The van der Waals surface area contributed by atoms with Crippen molar-refractivity contribution < 1.29 is 5.11 Å². The summed E-state index contributed by atoms with van der Waals surface area (Å²) in [5.41, 5.74) is 2.45. The minimum absolute atomic E-state index is 0.661. The van der Waals surface area contributed by atoms with E-state index >= 15 is 0 Å². The van der Waals surface area contributed by atoms with Crippen molar-refractivity contribution in [1.82, 2.24) is 13.9 Å². The van der Waals surface area contributed by atoms with E-state index in [9.17, 15) is 5.11 Å². The zero-order chi connectivity index (χ0) is 11.8. The molecule has 1 unspecified atom stereocenters. The standard InChI is InChI=1S/C12H11N3OS/c1-15-10(9-12(17-15)14-7-13-9)11(16)8-5-3-2-4-6-8/h2-7,11,16H,1H3. The summed E-state index contributed by atoms with van der Waals surface area (Å²) < 4.78 is 1.92. The Kier molecular flexibility index (Phi) is 2.42. The molecule has 86 valence electrons. The van der Waals surface area contributed by atoms with Crippen LogP contribution in [0.15, 0.2) is 36.7 Å². The minimum atomic E-state index is -0.661. The van der Waals surface area contributed by atoms with E-state index in [0.29, 0.717) is 0 Å². The molecule has 0 aliphatic carbocycles. The number of nitrogens with zero attached hydrogens (tertiary/aromatic N) is 3. The molecule has 0 amide bonds. The van der Waals surface area contributed by atoms with Gasteiger partial charge in [0.25, 0.3) is 0 Å². The molecular weight excluding hydrogens is 234 g/mol. The van der Waals surface area contributed by atoms with Gasteiger partial charge in [-0.05, 0) is 17.1 Å². The average Bonchev–Trinajstić information content (AvgIpc) is 2.89. The Morgan fingerprint density at radius 1 is 1.24 bits per heavy atom. The van der Waals surface area contributed by atoms with Crippen molar-refractivity contribution in [3.05, 3.63) is 47.9 Å². The summed E-state index contributed by atoms with van der Waals surface area (Å²) in [7, 11) is 1.91. The number of benzene rings is 1. The predicted octanol–water partition coefficient (Wildman–Crippen LogP) is 2.06. The van der Waals surface area contributed by atoms with Crippen molar-refractivity contribution in [1.29, 1.82) is 0 Å². The quantitative estimate of drug-likeness (QED) is 0.752. The number of rotatable bonds is 2. The smallest absolute Gasteiger partial charge is 0.162 e. The van der Waals surface area contributed by atoms with Crippen molar-refractivity contribution in [3.8, 4) is 10.7 Å². The topological polar surface area (TPSA) is 50.9 Å². The Balaban J connectivity index is 2.10. The Bertz CT molecular complexity index is 602. The molecule has 17 heavy (non-hydrogen) atoms. The van der Waals surface area contributed by atoms with Crippen LogP contribution in [0.3, 0.4) is 0 Å². The van der Waals surface area contributed by atoms with Crippen LogP contribution in [0.2, 0.25) is 0 Å². The number of aryl methyl sites for hydroxylation is 1. The number of fused-ring (bicyclic) bond motifs is 1. The van der Waals surface area contributed by atoms with E-state index in [1.807, 2.05) is 41.3 Å². The van der Waals surface area contributed by atoms with Gasteiger partial charge in [-0.2, -0.15) is 0 Å². The van der Waals surface area contributed by atoms with E-state index in [1.165, 1.54) is 17.9 Å². The predicted molar refractivity (Wildman–Crippen MR) is 66.0 cm³/mol. The Morgan fingerprint density at radius 3 is 2.76 bits per heavy atom. The molecule has 1 atom stereocenters. The van der Waals surface area contributed by atoms with Crippen LogP contribution >= 0.6 is 11.5 Å². The van der Waals surface area contributed by atoms with Crippen LogP contribution in [0.25, 0.3) is 10.7 Å². The molecule has 3 rings (SSSR count). The molecule has 1 aromatic rings. The maximum absolute atomic E-state index is 10.4. The van der Waals surface area contributed by atoms with E-state index in [0.717, 1.165) is 22.0 Å². The third-order valence-corrected chi connectivity index (χ3v) is 3.69. The summed E-state index contributed by atoms with van der Waals surface area (Å²) in [6.07, 6.45) is 0.870. The number of aromatic nitrogens is 3. The van der Waals surface area contributed by atoms with Crippen LogP contribution < -0.4 is 0 Å². The summed E-state index contributed by atoms with van der Waals surface area (Å²) in [4.78, 5) is 8.36. The summed E-state index contributed by atoms with van der Waals surface area (Å²) in [5, 5.41) is 11.3. The van der Waals surface area contributed by atoms with Crippen LogP contribution in [0.5, 0.6) is 0 Å². The van der Waals surface area contributed by atoms with Gasteiger partial charge in [-0.25, -0.2) is 9.97 Å². The molecule has 0 bridgehead atoms. The van der Waals surface area contributed by atoms with Gasteiger partial charge in [-0.3, -0.25) is 3.96 Å². The molecule has 1 aromatic carbocycles. The van der Waals surface area contributed by atoms with Crippen LogP contribution in [-0.2, 0) is 7.05 Å². The van der Waals surface area contributed by atoms with E-state index in [1.54, 1.807) is 0 Å². The highest BCUT2D eigenvalue weighted by Gasteiger charge is 2.24. The van der Waals surface area contributed by atoms with Crippen molar-refractivity contribution in [2.24, 2.45) is 7.05 Å². The van der Waals surface area contributed by atoms with Gasteiger partial charge >= 0.3 is 0 Å². The third kappa shape index (κ3) is 1.64. The lowest BCUT2D eigenvalue weighted by Crippen LogP contribution is -2.05. The lowest BCUT2D eigenvalue weighted by atomic mass is 10.1. The highest BCUT2D eigenvalue weighted by atomic mass is 32.1. The molecule has 2 heterocycles. The second-order valence-corrected chi connectivity index (χ2v) is 4.93. The molecular formula is C12H11N3OS. The van der Waals surface area contributed by atoms with Gasteiger partial charge in [0.1, 0.15) is 18.1 Å². The number of hydrogen-bond donors (Lipinski definition) is 1. The van der Waals surface area contributed by atoms with Gasteiger partial charge < -0.3 is 5.11 Å². The lowest BCUT2D eigenvalue weighted by Gasteiger charge is -2.11. The molecule has 2 aliphatic heterocycles. The molecule has 4 nitrogen and oxygen atoms in total. The number of aliphatic hydroxyl groups is 1. The summed E-state index contributed by atoms with van der Waals surface area (Å²) in [6, 6.07) is 9.58. The fourth-order valence-electron chi connectivity index (χ4n) is 1.92. The maximum atomic E-state index is 10.4. The van der Waals surface area contributed by atoms with Gasteiger partial charge in [-0.1, -0.05) is 30.3 Å². The Morgan fingerprint density at radius 2 is 2.00 bits per heavy atom. The van der Waals surface area contributed by atoms with Crippen molar-refractivity contribution in [2.75, 3.05) is 0 Å². The van der Waals surface area contributed by atoms with Gasteiger partial charge in [0.2, 0.25) is 0 Å². The summed E-state index contributed by atoms with van der Waals surface area (Å²) in [6.45, 7) is 0. The minimum Gasteiger partial charge on any atom is -0.382 e. The van der Waals surface area contributed by atoms with E-state index < -0.39 is 6.10 Å². The molecule has 0 aromatic heterocycles. The summed E-state index contributed by atoms with van der Waals surface area (Å²) >= 11 is 1.49. The molecule has 0 radical (unpaired) electrons. The highest BCUT2D eigenvalue weighted by molar-refractivity contribution is 7.10. The Labute approximate surface area is 103 Å². The van der Waals surface area contributed by atoms with E-state index in [4.69, 9.17) is 0 Å². The first-order chi connectivity index (χ1) is 8.27. The van der Waals surface area contributed by atoms with Gasteiger partial charge in [0, 0.05) is 7.05 Å². The summed E-state index contributed by atoms with van der Waals surface area (Å²) in [5.74, 6) is 0. The average molecular weight is 245 g/mol. The monoisotopic (exact) mass is 245 g/mol. The van der Waals surface area contributed by atoms with Gasteiger partial charge in [0.05, 0.1) is 5.69 Å². The van der Waals surface area contributed by atoms with Crippen LogP contribution in [0.4, 0.5) is 0 Å². The normalized spacial score (nSPS) is 13.1. The Hall–Kier alpha value is -1.72. The maximum Gasteiger partial charge on any atom is 0.162 e. The zero-order valence-corrected chi connectivity index (χ0v) is 10.1. The van der Waals surface area contributed by atoms with Crippen LogP contribution in [-0.4, -0.2) is 19.0 Å². The van der Waals surface area contributed by atoms with E-state index in [2.05, 4.69) is 9.97 Å². The fraction of sp³-hybridized carbons (Fsp3) is 0.167. The molecule has 2 aliphatic rings. The van der Waals surface area contributed by atoms with E-state index in [-0.39, 0.29) is 0 Å². The first-order valence-corrected chi connectivity index (χ1v) is 6.04. The molecule has 0 spiro atoms. The van der Waals surface area contributed by atoms with Crippen molar-refractivity contribution in [2.45, 2.75) is 6.10 Å². The second-order valence-electron chi connectivity index (χ2n) is 3.81. The van der Waals surface area contributed by atoms with Crippen LogP contribution in [0.1, 0.15) is 17.4 Å². The molecule has 5 heteroatoms. The second kappa shape index (κ2) is 3.94. The highest BCUT2D eigenvalue weighted by Crippen LogP contribution is 2.35. The number of aliphatic hydroxyl groups excluding tert-OH is 1.